The van der Waals surface area contributed by atoms with E-state index < -0.39 is 0 Å². The fourth-order valence-electron chi connectivity index (χ4n) is 2.27. The molecule has 2 aromatic carbocycles. The lowest BCUT2D eigenvalue weighted by Crippen LogP contribution is -2.12. The molecule has 0 atom stereocenters. The van der Waals surface area contributed by atoms with E-state index in [4.69, 9.17) is 11.6 Å². The molecule has 0 bridgehead atoms. The van der Waals surface area contributed by atoms with Crippen molar-refractivity contribution in [3.8, 4) is 0 Å². The third kappa shape index (κ3) is 3.78. The number of nitrogens with zero attached hydrogens (tertiary/aromatic N) is 1. The molecule has 116 valence electrons. The molecular formula is C18H15ClN2OS. The number of thiazole rings is 1. The molecule has 3 rings (SSSR count). The first kappa shape index (κ1) is 15.7. The molecule has 0 saturated carbocycles. The lowest BCUT2D eigenvalue weighted by Gasteiger charge is -2.04. The van der Waals surface area contributed by atoms with E-state index in [-0.39, 0.29) is 5.91 Å². The highest BCUT2D eigenvalue weighted by atomic mass is 35.5. The first-order valence-electron chi connectivity index (χ1n) is 7.18. The summed E-state index contributed by atoms with van der Waals surface area (Å²) in [5.41, 5.74) is 2.66. The molecule has 0 aliphatic rings. The average Bonchev–Trinajstić information content (AvgIpc) is 2.97. The van der Waals surface area contributed by atoms with Gasteiger partial charge in [0.1, 0.15) is 0 Å². The fourth-order valence-corrected chi connectivity index (χ4v) is 3.30. The summed E-state index contributed by atoms with van der Waals surface area (Å²) in [5, 5.41) is 4.19. The maximum Gasteiger partial charge on any atom is 0.257 e. The largest absolute Gasteiger partial charge is 0.298 e. The molecule has 3 aromatic rings. The maximum atomic E-state index is 12.3. The van der Waals surface area contributed by atoms with E-state index in [0.29, 0.717) is 17.1 Å². The quantitative estimate of drug-likeness (QED) is 0.729. The molecule has 0 radical (unpaired) electrons. The maximum absolute atomic E-state index is 12.3. The topological polar surface area (TPSA) is 42.0 Å². The van der Waals surface area contributed by atoms with E-state index in [1.54, 1.807) is 6.20 Å². The van der Waals surface area contributed by atoms with Gasteiger partial charge < -0.3 is 0 Å². The monoisotopic (exact) mass is 342 g/mol. The molecule has 0 aliphatic carbocycles. The van der Waals surface area contributed by atoms with Gasteiger partial charge in [-0.3, -0.25) is 10.1 Å². The Labute approximate surface area is 144 Å². The van der Waals surface area contributed by atoms with Gasteiger partial charge in [-0.25, -0.2) is 4.98 Å². The van der Waals surface area contributed by atoms with Gasteiger partial charge in [0.05, 0.1) is 0 Å². The predicted octanol–water partition coefficient (Wildman–Crippen LogP) is 4.95. The zero-order valence-electron chi connectivity index (χ0n) is 12.5. The molecular weight excluding hydrogens is 328 g/mol. The number of benzene rings is 2. The lowest BCUT2D eigenvalue weighted by molar-refractivity contribution is 0.102. The molecule has 23 heavy (non-hydrogen) atoms. The van der Waals surface area contributed by atoms with Crippen molar-refractivity contribution in [2.24, 2.45) is 0 Å². The van der Waals surface area contributed by atoms with E-state index in [0.717, 1.165) is 21.0 Å². The number of nitrogens with one attached hydrogen (secondary N) is 1. The summed E-state index contributed by atoms with van der Waals surface area (Å²) in [6.07, 6.45) is 2.49. The van der Waals surface area contributed by atoms with Crippen LogP contribution >= 0.6 is 22.9 Å². The van der Waals surface area contributed by atoms with Crippen LogP contribution in [0, 0.1) is 6.92 Å². The number of rotatable bonds is 4. The normalized spacial score (nSPS) is 10.5. The molecule has 1 heterocycles. The summed E-state index contributed by atoms with van der Waals surface area (Å²) < 4.78 is 0. The van der Waals surface area contributed by atoms with E-state index in [1.165, 1.54) is 11.3 Å². The summed E-state index contributed by atoms with van der Waals surface area (Å²) >= 11 is 7.64. The molecule has 1 amide bonds. The van der Waals surface area contributed by atoms with Crippen molar-refractivity contribution < 1.29 is 4.79 Å². The summed E-state index contributed by atoms with van der Waals surface area (Å²) in [5.74, 6) is -0.137. The number of carbonyl (C=O) groups is 1. The number of amides is 1. The highest BCUT2D eigenvalue weighted by Gasteiger charge is 2.11. The zero-order valence-corrected chi connectivity index (χ0v) is 14.1. The van der Waals surface area contributed by atoms with Crippen LogP contribution in [0.2, 0.25) is 5.02 Å². The Bertz CT molecular complexity index is 844. The summed E-state index contributed by atoms with van der Waals surface area (Å²) in [4.78, 5) is 17.6. The van der Waals surface area contributed by atoms with Crippen molar-refractivity contribution in [1.82, 2.24) is 4.98 Å². The van der Waals surface area contributed by atoms with Crippen molar-refractivity contribution in [1.29, 1.82) is 0 Å². The minimum atomic E-state index is -0.137. The summed E-state index contributed by atoms with van der Waals surface area (Å²) in [7, 11) is 0. The van der Waals surface area contributed by atoms with Gasteiger partial charge in [-0.1, -0.05) is 48.0 Å². The van der Waals surface area contributed by atoms with E-state index in [1.807, 2.05) is 55.5 Å². The molecule has 0 spiro atoms. The van der Waals surface area contributed by atoms with Gasteiger partial charge in [-0.15, -0.1) is 11.3 Å². The first-order chi connectivity index (χ1) is 11.1. The Morgan fingerprint density at radius 2 is 1.91 bits per heavy atom. The molecule has 3 nitrogen and oxygen atoms in total. The minimum absolute atomic E-state index is 0.137. The van der Waals surface area contributed by atoms with Crippen LogP contribution in [0.3, 0.4) is 0 Å². The number of halogens is 1. The molecule has 0 unspecified atom stereocenters. The van der Waals surface area contributed by atoms with Gasteiger partial charge in [0.2, 0.25) is 0 Å². The number of aromatic nitrogens is 1. The smallest absolute Gasteiger partial charge is 0.257 e. The molecule has 0 fully saturated rings. The summed E-state index contributed by atoms with van der Waals surface area (Å²) in [6, 6.07) is 15.2. The lowest BCUT2D eigenvalue weighted by atomic mass is 10.1. The molecule has 5 heteroatoms. The Hall–Kier alpha value is -2.17. The first-order valence-corrected chi connectivity index (χ1v) is 8.38. The van der Waals surface area contributed by atoms with Gasteiger partial charge >= 0.3 is 0 Å². The van der Waals surface area contributed by atoms with Crippen LogP contribution in [-0.4, -0.2) is 10.9 Å². The Morgan fingerprint density at radius 3 is 2.70 bits per heavy atom. The summed E-state index contributed by atoms with van der Waals surface area (Å²) in [6.45, 7) is 1.92. The second-order valence-corrected chi connectivity index (χ2v) is 6.69. The van der Waals surface area contributed by atoms with Crippen LogP contribution in [0.4, 0.5) is 5.13 Å². The van der Waals surface area contributed by atoms with Crippen molar-refractivity contribution in [3.05, 3.63) is 81.3 Å². The van der Waals surface area contributed by atoms with Gasteiger partial charge in [0.25, 0.3) is 5.91 Å². The molecule has 0 saturated heterocycles. The van der Waals surface area contributed by atoms with Gasteiger partial charge in [-0.2, -0.15) is 0 Å². The highest BCUT2D eigenvalue weighted by Crippen LogP contribution is 2.25. The van der Waals surface area contributed by atoms with Crippen LogP contribution in [0.15, 0.2) is 54.7 Å². The van der Waals surface area contributed by atoms with Crippen LogP contribution in [0.1, 0.15) is 26.4 Å². The van der Waals surface area contributed by atoms with Gasteiger partial charge in [-0.05, 0) is 30.2 Å². The number of hydrogen-bond acceptors (Lipinski definition) is 3. The number of aryl methyl sites for hydroxylation is 1. The van der Waals surface area contributed by atoms with Crippen LogP contribution in [-0.2, 0) is 6.42 Å². The minimum Gasteiger partial charge on any atom is -0.298 e. The van der Waals surface area contributed by atoms with E-state index in [9.17, 15) is 4.79 Å². The van der Waals surface area contributed by atoms with E-state index in [2.05, 4.69) is 10.3 Å². The van der Waals surface area contributed by atoms with Crippen molar-refractivity contribution in [2.75, 3.05) is 5.32 Å². The average molecular weight is 343 g/mol. The number of anilines is 1. The number of carbonyl (C=O) groups excluding carboxylic acids is 1. The Kier molecular flexibility index (Phi) is 4.74. The van der Waals surface area contributed by atoms with Crippen molar-refractivity contribution >= 4 is 34.0 Å². The van der Waals surface area contributed by atoms with E-state index >= 15 is 0 Å². The predicted molar refractivity (Wildman–Crippen MR) is 95.5 cm³/mol. The van der Waals surface area contributed by atoms with Crippen molar-refractivity contribution in [3.63, 3.8) is 0 Å². The van der Waals surface area contributed by atoms with Crippen LogP contribution < -0.4 is 5.32 Å². The fraction of sp³-hybridized carbons (Fsp3) is 0.111. The number of hydrogen-bond donors (Lipinski definition) is 1. The molecule has 0 aliphatic heterocycles. The Morgan fingerprint density at radius 1 is 1.17 bits per heavy atom. The zero-order chi connectivity index (χ0) is 16.2. The van der Waals surface area contributed by atoms with Gasteiger partial charge in [0, 0.05) is 28.1 Å². The van der Waals surface area contributed by atoms with Crippen LogP contribution in [0.5, 0.6) is 0 Å². The Balaban J connectivity index is 1.72. The second kappa shape index (κ2) is 6.94. The standard InChI is InChI=1S/C18H15ClN2OS/c1-12-6-2-4-8-15(12)17(22)21-18-20-11-14(23-18)10-13-7-3-5-9-16(13)19/h2-9,11H,10H2,1H3,(H,20,21,22). The van der Waals surface area contributed by atoms with Crippen LogP contribution in [0.25, 0.3) is 0 Å². The highest BCUT2D eigenvalue weighted by molar-refractivity contribution is 7.15. The SMILES string of the molecule is Cc1ccccc1C(=O)Nc1ncc(Cc2ccccc2Cl)s1. The third-order valence-electron chi connectivity index (χ3n) is 3.49. The second-order valence-electron chi connectivity index (χ2n) is 5.17. The van der Waals surface area contributed by atoms with Crippen molar-refractivity contribution in [2.45, 2.75) is 13.3 Å². The third-order valence-corrected chi connectivity index (χ3v) is 4.77. The van der Waals surface area contributed by atoms with Gasteiger partial charge in [0.15, 0.2) is 5.13 Å². The molecule has 1 aromatic heterocycles. The molecule has 1 N–H and O–H groups in total.